The molecule has 1 heterocycles. The van der Waals surface area contributed by atoms with E-state index in [1.807, 2.05) is 0 Å². The zero-order chi connectivity index (χ0) is 18.6. The van der Waals surface area contributed by atoms with Crippen LogP contribution in [0.4, 0.5) is 17.2 Å². The lowest BCUT2D eigenvalue weighted by Crippen LogP contribution is -2.21. The second-order valence-corrected chi connectivity index (χ2v) is 4.98. The molecule has 1 amide bonds. The van der Waals surface area contributed by atoms with E-state index in [1.54, 1.807) is 13.8 Å². The molecule has 1 aromatic heterocycles. The van der Waals surface area contributed by atoms with E-state index in [2.05, 4.69) is 10.4 Å². The fourth-order valence-electron chi connectivity index (χ4n) is 2.15. The maximum Gasteiger partial charge on any atom is 0.345 e. The maximum atomic E-state index is 12.1. The highest BCUT2D eigenvalue weighted by Crippen LogP contribution is 2.29. The summed E-state index contributed by atoms with van der Waals surface area (Å²) in [5.41, 5.74) is 0.00183. The van der Waals surface area contributed by atoms with Crippen molar-refractivity contribution in [3.63, 3.8) is 0 Å². The zero-order valence-electron chi connectivity index (χ0n) is 13.5. The quantitative estimate of drug-likeness (QED) is 0.595. The number of benzene rings is 1. The molecule has 11 heteroatoms. The summed E-state index contributed by atoms with van der Waals surface area (Å²) in [6.07, 6.45) is 0. The molecule has 132 valence electrons. The summed E-state index contributed by atoms with van der Waals surface area (Å²) < 4.78 is 6.11. The summed E-state index contributed by atoms with van der Waals surface area (Å²) in [5.74, 6) is -0.724. The number of amides is 1. The minimum absolute atomic E-state index is 0.0371. The summed E-state index contributed by atoms with van der Waals surface area (Å²) in [5, 5.41) is 28.3. The SMILES string of the molecule is CCOc1ccc(NC(=O)Cn2nc(C)cc2[N+](=O)[O-])c([N+](=O)[O-])c1. The van der Waals surface area contributed by atoms with Crippen molar-refractivity contribution in [2.75, 3.05) is 11.9 Å². The van der Waals surface area contributed by atoms with Crippen molar-refractivity contribution in [3.05, 3.63) is 50.2 Å². The predicted octanol–water partition coefficient (Wildman–Crippen LogP) is 2.05. The van der Waals surface area contributed by atoms with E-state index >= 15 is 0 Å². The molecule has 0 unspecified atom stereocenters. The van der Waals surface area contributed by atoms with Gasteiger partial charge in [0.1, 0.15) is 11.4 Å². The Morgan fingerprint density at radius 1 is 1.28 bits per heavy atom. The second kappa shape index (κ2) is 7.38. The Bertz CT molecular complexity index is 831. The van der Waals surface area contributed by atoms with Crippen LogP contribution in [-0.4, -0.2) is 32.1 Å². The van der Waals surface area contributed by atoms with E-state index in [-0.39, 0.29) is 17.2 Å². The van der Waals surface area contributed by atoms with Crippen molar-refractivity contribution in [1.29, 1.82) is 0 Å². The van der Waals surface area contributed by atoms with Crippen LogP contribution in [0.25, 0.3) is 0 Å². The van der Waals surface area contributed by atoms with Crippen molar-refractivity contribution >= 4 is 23.1 Å². The molecule has 25 heavy (non-hydrogen) atoms. The smallest absolute Gasteiger partial charge is 0.345 e. The highest BCUT2D eigenvalue weighted by molar-refractivity contribution is 5.93. The highest BCUT2D eigenvalue weighted by atomic mass is 16.6. The maximum absolute atomic E-state index is 12.1. The van der Waals surface area contributed by atoms with E-state index in [1.165, 1.54) is 24.3 Å². The van der Waals surface area contributed by atoms with Crippen molar-refractivity contribution in [2.24, 2.45) is 0 Å². The molecule has 0 atom stereocenters. The monoisotopic (exact) mass is 349 g/mol. The molecular weight excluding hydrogens is 334 g/mol. The minimum atomic E-state index is -0.682. The number of aromatic nitrogens is 2. The van der Waals surface area contributed by atoms with E-state index in [0.29, 0.717) is 18.1 Å². The number of anilines is 1. The molecule has 0 aliphatic heterocycles. The Kier molecular flexibility index (Phi) is 5.27. The van der Waals surface area contributed by atoms with Gasteiger partial charge in [0.2, 0.25) is 0 Å². The summed E-state index contributed by atoms with van der Waals surface area (Å²) >= 11 is 0. The fraction of sp³-hybridized carbons (Fsp3) is 0.286. The zero-order valence-corrected chi connectivity index (χ0v) is 13.5. The van der Waals surface area contributed by atoms with Crippen LogP contribution in [0.3, 0.4) is 0 Å². The molecule has 0 fully saturated rings. The van der Waals surface area contributed by atoms with Crippen LogP contribution in [0.2, 0.25) is 0 Å². The van der Waals surface area contributed by atoms with Gasteiger partial charge in [0.05, 0.1) is 29.4 Å². The van der Waals surface area contributed by atoms with Crippen molar-refractivity contribution in [2.45, 2.75) is 20.4 Å². The van der Waals surface area contributed by atoms with Crippen LogP contribution >= 0.6 is 0 Å². The molecule has 0 spiro atoms. The van der Waals surface area contributed by atoms with Gasteiger partial charge in [0.25, 0.3) is 11.6 Å². The molecule has 1 N–H and O–H groups in total. The summed E-state index contributed by atoms with van der Waals surface area (Å²) in [4.78, 5) is 32.9. The number of carbonyl (C=O) groups excluding carboxylic acids is 1. The molecule has 11 nitrogen and oxygen atoms in total. The van der Waals surface area contributed by atoms with Gasteiger partial charge in [-0.3, -0.25) is 14.9 Å². The first-order valence-corrected chi connectivity index (χ1v) is 7.21. The number of hydrogen-bond donors (Lipinski definition) is 1. The van der Waals surface area contributed by atoms with Gasteiger partial charge < -0.3 is 20.2 Å². The molecular formula is C14H15N5O6. The van der Waals surface area contributed by atoms with Gasteiger partial charge in [0.15, 0.2) is 6.54 Å². The van der Waals surface area contributed by atoms with E-state index in [9.17, 15) is 25.0 Å². The van der Waals surface area contributed by atoms with Gasteiger partial charge in [0, 0.05) is 0 Å². The standard InChI is InChI=1S/C14H15N5O6/c1-3-25-10-4-5-11(12(7-10)18(21)22)15-13(20)8-17-14(19(23)24)6-9(2)16-17/h4-7H,3,8H2,1-2H3,(H,15,20). The topological polar surface area (TPSA) is 142 Å². The lowest BCUT2D eigenvalue weighted by Gasteiger charge is -2.07. The summed E-state index contributed by atoms with van der Waals surface area (Å²) in [6, 6.07) is 5.24. The molecule has 0 bridgehead atoms. The third-order valence-corrected chi connectivity index (χ3v) is 3.11. The van der Waals surface area contributed by atoms with Gasteiger partial charge in [-0.2, -0.15) is 0 Å². The number of nitro groups is 2. The van der Waals surface area contributed by atoms with Gasteiger partial charge in [-0.05, 0) is 30.9 Å². The van der Waals surface area contributed by atoms with Gasteiger partial charge in [-0.15, -0.1) is 4.68 Å². The van der Waals surface area contributed by atoms with Gasteiger partial charge in [-0.25, -0.2) is 0 Å². The lowest BCUT2D eigenvalue weighted by atomic mass is 10.2. The highest BCUT2D eigenvalue weighted by Gasteiger charge is 2.22. The van der Waals surface area contributed by atoms with Crippen molar-refractivity contribution in [3.8, 4) is 5.75 Å². The first-order valence-electron chi connectivity index (χ1n) is 7.21. The molecule has 0 radical (unpaired) electrons. The summed E-state index contributed by atoms with van der Waals surface area (Å²) in [6.45, 7) is 3.18. The molecule has 0 aliphatic carbocycles. The van der Waals surface area contributed by atoms with Crippen LogP contribution in [-0.2, 0) is 11.3 Å². The van der Waals surface area contributed by atoms with Crippen molar-refractivity contribution < 1.29 is 19.4 Å². The number of carbonyl (C=O) groups is 1. The number of nitrogens with one attached hydrogen (secondary N) is 1. The van der Waals surface area contributed by atoms with Crippen LogP contribution in [0.1, 0.15) is 12.6 Å². The number of nitrogens with zero attached hydrogens (tertiary/aromatic N) is 4. The fourth-order valence-corrected chi connectivity index (χ4v) is 2.15. The molecule has 1 aromatic carbocycles. The first-order chi connectivity index (χ1) is 11.8. The normalized spacial score (nSPS) is 10.3. The third-order valence-electron chi connectivity index (χ3n) is 3.11. The number of rotatable bonds is 7. The van der Waals surface area contributed by atoms with Crippen LogP contribution in [0.15, 0.2) is 24.3 Å². The first kappa shape index (κ1) is 17.8. The van der Waals surface area contributed by atoms with E-state index < -0.39 is 22.3 Å². The van der Waals surface area contributed by atoms with Crippen LogP contribution in [0.5, 0.6) is 5.75 Å². The average Bonchev–Trinajstić information content (AvgIpc) is 2.89. The number of nitro benzene ring substituents is 1. The Hall–Kier alpha value is -3.50. The largest absolute Gasteiger partial charge is 0.494 e. The summed E-state index contributed by atoms with van der Waals surface area (Å²) in [7, 11) is 0. The molecule has 2 rings (SSSR count). The van der Waals surface area contributed by atoms with Gasteiger partial charge in [-0.1, -0.05) is 5.10 Å². The number of aryl methyl sites for hydroxylation is 1. The number of hydrogen-bond acceptors (Lipinski definition) is 7. The lowest BCUT2D eigenvalue weighted by molar-refractivity contribution is -0.392. The van der Waals surface area contributed by atoms with Crippen molar-refractivity contribution in [1.82, 2.24) is 9.78 Å². The Labute approximate surface area is 141 Å². The molecule has 0 aliphatic rings. The minimum Gasteiger partial charge on any atom is -0.494 e. The van der Waals surface area contributed by atoms with Crippen LogP contribution < -0.4 is 10.1 Å². The molecule has 0 saturated heterocycles. The Morgan fingerprint density at radius 2 is 2.00 bits per heavy atom. The van der Waals surface area contributed by atoms with Gasteiger partial charge >= 0.3 is 5.82 Å². The third kappa shape index (κ3) is 4.28. The molecule has 2 aromatic rings. The predicted molar refractivity (Wildman–Crippen MR) is 86.5 cm³/mol. The molecule has 0 saturated carbocycles. The number of ether oxygens (including phenoxy) is 1. The van der Waals surface area contributed by atoms with Crippen LogP contribution in [0, 0.1) is 27.2 Å². The second-order valence-electron chi connectivity index (χ2n) is 4.98. The Morgan fingerprint density at radius 3 is 2.60 bits per heavy atom. The average molecular weight is 349 g/mol. The Balaban J connectivity index is 2.20. The van der Waals surface area contributed by atoms with E-state index in [4.69, 9.17) is 4.74 Å². The van der Waals surface area contributed by atoms with E-state index in [0.717, 1.165) is 4.68 Å².